The minimum Gasteiger partial charge on any atom is -0.489 e. The molecule has 0 fully saturated rings. The van der Waals surface area contributed by atoms with Gasteiger partial charge in [-0.3, -0.25) is 4.79 Å². The maximum Gasteiger partial charge on any atom is 0.193 e. The molecule has 0 saturated carbocycles. The van der Waals surface area contributed by atoms with Crippen molar-refractivity contribution in [1.29, 1.82) is 0 Å². The van der Waals surface area contributed by atoms with Crippen molar-refractivity contribution < 1.29 is 14.3 Å². The van der Waals surface area contributed by atoms with E-state index in [0.717, 1.165) is 30.4 Å². The largest absolute Gasteiger partial charge is 0.489 e. The summed E-state index contributed by atoms with van der Waals surface area (Å²) in [6, 6.07) is 20.0. The Balaban J connectivity index is 1.74. The first-order valence-electron chi connectivity index (χ1n) is 12.7. The Morgan fingerprint density at radius 1 is 0.943 bits per heavy atom. The summed E-state index contributed by atoms with van der Waals surface area (Å²) in [5.74, 6) is 2.28. The van der Waals surface area contributed by atoms with E-state index in [1.807, 2.05) is 38.1 Å². The van der Waals surface area contributed by atoms with E-state index < -0.39 is 0 Å². The van der Waals surface area contributed by atoms with Crippen LogP contribution in [0.15, 0.2) is 69.9 Å². The first-order valence-corrected chi connectivity index (χ1v) is 12.7. The molecule has 3 aromatic carbocycles. The summed E-state index contributed by atoms with van der Waals surface area (Å²) in [6.45, 7) is 9.05. The van der Waals surface area contributed by atoms with Crippen molar-refractivity contribution in [3.8, 4) is 5.75 Å². The van der Waals surface area contributed by atoms with Gasteiger partial charge in [0.05, 0.1) is 5.39 Å². The van der Waals surface area contributed by atoms with E-state index in [2.05, 4.69) is 44.2 Å². The van der Waals surface area contributed by atoms with Gasteiger partial charge in [-0.2, -0.15) is 0 Å². The number of hydrogen-bond acceptors (Lipinski definition) is 4. The van der Waals surface area contributed by atoms with Crippen LogP contribution in [0.4, 0.5) is 0 Å². The van der Waals surface area contributed by atoms with Crippen LogP contribution in [-0.2, 0) is 13.0 Å². The van der Waals surface area contributed by atoms with E-state index in [1.165, 1.54) is 10.8 Å². The third kappa shape index (κ3) is 5.76. The molecule has 0 spiro atoms. The molecule has 0 bridgehead atoms. The maximum atomic E-state index is 13.2. The number of aliphatic hydroxyl groups is 1. The lowest BCUT2D eigenvalue weighted by atomic mass is 9.84. The zero-order chi connectivity index (χ0) is 24.9. The number of aliphatic hydroxyl groups excluding tert-OH is 1. The van der Waals surface area contributed by atoms with Crippen molar-refractivity contribution in [2.24, 2.45) is 11.8 Å². The van der Waals surface area contributed by atoms with Crippen LogP contribution in [0.2, 0.25) is 0 Å². The fourth-order valence-corrected chi connectivity index (χ4v) is 4.78. The minimum absolute atomic E-state index is 0.00443. The molecule has 1 aromatic heterocycles. The van der Waals surface area contributed by atoms with Crippen LogP contribution in [0.25, 0.3) is 21.7 Å². The lowest BCUT2D eigenvalue weighted by Crippen LogP contribution is -2.15. The minimum atomic E-state index is -0.00443. The quantitative estimate of drug-likeness (QED) is 0.264. The molecule has 0 aliphatic heterocycles. The Kier molecular flexibility index (Phi) is 7.92. The number of ether oxygens (including phenoxy) is 1. The van der Waals surface area contributed by atoms with Gasteiger partial charge in [-0.25, -0.2) is 0 Å². The van der Waals surface area contributed by atoms with E-state index >= 15 is 0 Å². The number of benzene rings is 3. The second-order valence-electron chi connectivity index (χ2n) is 10.1. The number of rotatable bonds is 10. The molecule has 1 unspecified atom stereocenters. The van der Waals surface area contributed by atoms with E-state index in [0.29, 0.717) is 40.9 Å². The fourth-order valence-electron chi connectivity index (χ4n) is 4.78. The molecule has 4 aromatic rings. The first-order chi connectivity index (χ1) is 16.9. The van der Waals surface area contributed by atoms with Crippen LogP contribution in [0.1, 0.15) is 63.3 Å². The summed E-state index contributed by atoms with van der Waals surface area (Å²) in [5, 5.41) is 12.4. The van der Waals surface area contributed by atoms with Crippen molar-refractivity contribution in [3.05, 3.63) is 87.8 Å². The molecule has 4 rings (SSSR count). The molecule has 184 valence electrons. The third-order valence-electron chi connectivity index (χ3n) is 6.91. The van der Waals surface area contributed by atoms with Gasteiger partial charge in [0, 0.05) is 24.7 Å². The molecule has 0 saturated heterocycles. The summed E-state index contributed by atoms with van der Waals surface area (Å²) in [5.41, 5.74) is 2.65. The highest BCUT2D eigenvalue weighted by Gasteiger charge is 2.19. The topological polar surface area (TPSA) is 59.7 Å². The van der Waals surface area contributed by atoms with Crippen LogP contribution in [0.3, 0.4) is 0 Å². The average molecular weight is 473 g/mol. The van der Waals surface area contributed by atoms with Gasteiger partial charge in [-0.15, -0.1) is 0 Å². The molecule has 1 atom stereocenters. The molecular weight excluding hydrogens is 436 g/mol. The van der Waals surface area contributed by atoms with E-state index in [9.17, 15) is 9.90 Å². The second kappa shape index (κ2) is 11.1. The molecule has 0 radical (unpaired) electrons. The molecule has 1 heterocycles. The van der Waals surface area contributed by atoms with Gasteiger partial charge < -0.3 is 14.3 Å². The van der Waals surface area contributed by atoms with Gasteiger partial charge in [0.15, 0.2) is 5.43 Å². The molecule has 0 aliphatic carbocycles. The third-order valence-corrected chi connectivity index (χ3v) is 6.91. The van der Waals surface area contributed by atoms with Crippen molar-refractivity contribution in [2.45, 2.75) is 59.5 Å². The molecular formula is C31H36O4. The van der Waals surface area contributed by atoms with Crippen molar-refractivity contribution in [2.75, 3.05) is 6.61 Å². The normalized spacial score (nSPS) is 12.7. The zero-order valence-electron chi connectivity index (χ0n) is 21.2. The van der Waals surface area contributed by atoms with Gasteiger partial charge >= 0.3 is 0 Å². The predicted molar refractivity (Wildman–Crippen MR) is 143 cm³/mol. The molecule has 35 heavy (non-hydrogen) atoms. The summed E-state index contributed by atoms with van der Waals surface area (Å²) < 4.78 is 12.5. The van der Waals surface area contributed by atoms with Gasteiger partial charge in [0.2, 0.25) is 0 Å². The highest BCUT2D eigenvalue weighted by atomic mass is 16.5. The molecule has 0 amide bonds. The van der Waals surface area contributed by atoms with Crippen molar-refractivity contribution in [3.63, 3.8) is 0 Å². The standard InChI is InChI=1S/C31H36O4/c1-20(2)23(12-8-14-32)15-25-16-26(17-30-31(25)28(33)18-29(35-30)21(3)4)34-19-24-11-7-10-22-9-5-6-13-27(22)24/h5-7,9-11,13,16-18,20-21,23,32H,8,12,14-15,19H2,1-4H3. The summed E-state index contributed by atoms with van der Waals surface area (Å²) in [6.07, 6.45) is 2.40. The molecule has 0 aliphatic rings. The van der Waals surface area contributed by atoms with Crippen LogP contribution < -0.4 is 10.2 Å². The van der Waals surface area contributed by atoms with E-state index in [-0.39, 0.29) is 18.0 Å². The van der Waals surface area contributed by atoms with Crippen LogP contribution in [0.5, 0.6) is 5.75 Å². The van der Waals surface area contributed by atoms with E-state index in [1.54, 1.807) is 6.07 Å². The molecule has 4 heteroatoms. The highest BCUT2D eigenvalue weighted by molar-refractivity contribution is 5.85. The first kappa shape index (κ1) is 25.0. The SMILES string of the molecule is CC(C)c1cc(=O)c2c(CC(CCCO)C(C)C)cc(OCc3cccc4ccccc34)cc2o1. The lowest BCUT2D eigenvalue weighted by molar-refractivity contribution is 0.254. The van der Waals surface area contributed by atoms with Crippen LogP contribution in [0, 0.1) is 11.8 Å². The Hall–Kier alpha value is -3.11. The zero-order valence-corrected chi connectivity index (χ0v) is 21.2. The fraction of sp³-hybridized carbons (Fsp3) is 0.387. The Labute approximate surface area is 207 Å². The highest BCUT2D eigenvalue weighted by Crippen LogP contribution is 2.31. The summed E-state index contributed by atoms with van der Waals surface area (Å²) >= 11 is 0. The van der Waals surface area contributed by atoms with Crippen molar-refractivity contribution in [1.82, 2.24) is 0 Å². The van der Waals surface area contributed by atoms with Gasteiger partial charge in [-0.1, -0.05) is 70.2 Å². The monoisotopic (exact) mass is 472 g/mol. The predicted octanol–water partition coefficient (Wildman–Crippen LogP) is 7.24. The summed E-state index contributed by atoms with van der Waals surface area (Å²) in [4.78, 5) is 13.2. The maximum absolute atomic E-state index is 13.2. The second-order valence-corrected chi connectivity index (χ2v) is 10.1. The van der Waals surface area contributed by atoms with E-state index in [4.69, 9.17) is 9.15 Å². The Morgan fingerprint density at radius 3 is 2.46 bits per heavy atom. The lowest BCUT2D eigenvalue weighted by Gasteiger charge is -2.22. The summed E-state index contributed by atoms with van der Waals surface area (Å²) in [7, 11) is 0. The number of fused-ring (bicyclic) bond motifs is 2. The molecule has 4 nitrogen and oxygen atoms in total. The van der Waals surface area contributed by atoms with Crippen LogP contribution in [-0.4, -0.2) is 11.7 Å². The average Bonchev–Trinajstić information content (AvgIpc) is 2.84. The Bertz CT molecular complexity index is 1340. The van der Waals surface area contributed by atoms with Gasteiger partial charge in [0.1, 0.15) is 23.7 Å². The Morgan fingerprint density at radius 2 is 1.71 bits per heavy atom. The number of hydrogen-bond donors (Lipinski definition) is 1. The smallest absolute Gasteiger partial charge is 0.193 e. The van der Waals surface area contributed by atoms with Gasteiger partial charge in [0.25, 0.3) is 0 Å². The van der Waals surface area contributed by atoms with Crippen molar-refractivity contribution >= 4 is 21.7 Å². The van der Waals surface area contributed by atoms with Gasteiger partial charge in [-0.05, 0) is 59.1 Å². The molecule has 1 N–H and O–H groups in total. The van der Waals surface area contributed by atoms with Crippen LogP contribution >= 0.6 is 0 Å².